The number of rotatable bonds is 4. The lowest BCUT2D eigenvalue weighted by atomic mass is 10.1. The van der Waals surface area contributed by atoms with Gasteiger partial charge in [-0.2, -0.15) is 0 Å². The third-order valence-electron chi connectivity index (χ3n) is 3.63. The van der Waals surface area contributed by atoms with Crippen LogP contribution in [-0.4, -0.2) is 27.2 Å². The molecule has 0 saturated heterocycles. The molecule has 1 aromatic heterocycles. The number of ether oxygens (including phenoxy) is 1. The number of nitrogens with zero attached hydrogens (tertiary/aromatic N) is 3. The fourth-order valence-corrected chi connectivity index (χ4v) is 2.37. The van der Waals surface area contributed by atoms with Crippen LogP contribution >= 0.6 is 0 Å². The largest absolute Gasteiger partial charge is 0.497 e. The summed E-state index contributed by atoms with van der Waals surface area (Å²) in [6.07, 6.45) is 0. The predicted molar refractivity (Wildman–Crippen MR) is 84.0 cm³/mol. The molecule has 2 aromatic carbocycles. The van der Waals surface area contributed by atoms with Gasteiger partial charge in [-0.15, -0.1) is 5.10 Å². The molecule has 5 nitrogen and oxygen atoms in total. The molecule has 118 valence electrons. The van der Waals surface area contributed by atoms with E-state index in [0.717, 1.165) is 5.56 Å². The average molecular weight is 313 g/mol. The van der Waals surface area contributed by atoms with Gasteiger partial charge in [0.2, 0.25) is 0 Å². The third-order valence-corrected chi connectivity index (χ3v) is 3.63. The van der Waals surface area contributed by atoms with Gasteiger partial charge in [-0.25, -0.2) is 9.07 Å². The van der Waals surface area contributed by atoms with Gasteiger partial charge in [0, 0.05) is 5.56 Å². The van der Waals surface area contributed by atoms with E-state index >= 15 is 0 Å². The number of benzene rings is 2. The second-order valence-electron chi connectivity index (χ2n) is 5.12. The highest BCUT2D eigenvalue weighted by atomic mass is 19.1. The minimum Gasteiger partial charge on any atom is -0.497 e. The Bertz CT molecular complexity index is 846. The Morgan fingerprint density at radius 1 is 1.22 bits per heavy atom. The minimum absolute atomic E-state index is 0.263. The molecule has 0 aliphatic carbocycles. The van der Waals surface area contributed by atoms with Crippen LogP contribution in [0.5, 0.6) is 5.75 Å². The van der Waals surface area contributed by atoms with Crippen LogP contribution in [0.3, 0.4) is 0 Å². The monoisotopic (exact) mass is 313 g/mol. The third kappa shape index (κ3) is 2.80. The zero-order chi connectivity index (χ0) is 16.4. The Hall–Kier alpha value is -2.73. The van der Waals surface area contributed by atoms with Crippen molar-refractivity contribution in [2.45, 2.75) is 13.5 Å². The summed E-state index contributed by atoms with van der Waals surface area (Å²) >= 11 is 0. The normalized spacial score (nSPS) is 10.8. The molecule has 0 radical (unpaired) electrons. The molecule has 0 unspecified atom stereocenters. The van der Waals surface area contributed by atoms with Gasteiger partial charge >= 0.3 is 0 Å². The van der Waals surface area contributed by atoms with Crippen molar-refractivity contribution in [1.82, 2.24) is 15.0 Å². The van der Waals surface area contributed by atoms with Crippen LogP contribution in [0.1, 0.15) is 11.3 Å². The second kappa shape index (κ2) is 6.18. The van der Waals surface area contributed by atoms with E-state index in [9.17, 15) is 9.50 Å². The van der Waals surface area contributed by atoms with Crippen molar-refractivity contribution in [1.29, 1.82) is 0 Å². The summed E-state index contributed by atoms with van der Waals surface area (Å²) in [7, 11) is 1.58. The minimum atomic E-state index is -0.319. The standard InChI is InChI=1S/C17H16FN3O2/c1-11-6-7-13(9-15(11)18)21-17(16(10-22)19-20-21)12-4-3-5-14(8-12)23-2/h3-9,22H,10H2,1-2H3. The molecule has 1 heterocycles. The van der Waals surface area contributed by atoms with E-state index in [1.165, 1.54) is 10.7 Å². The quantitative estimate of drug-likeness (QED) is 0.804. The molecule has 23 heavy (non-hydrogen) atoms. The van der Waals surface area contributed by atoms with Gasteiger partial charge in [0.25, 0.3) is 0 Å². The molecule has 0 aliphatic rings. The summed E-state index contributed by atoms with van der Waals surface area (Å²) in [5.74, 6) is 0.356. The Morgan fingerprint density at radius 2 is 2.04 bits per heavy atom. The van der Waals surface area contributed by atoms with Gasteiger partial charge in [0.1, 0.15) is 23.0 Å². The topological polar surface area (TPSA) is 60.2 Å². The van der Waals surface area contributed by atoms with Crippen molar-refractivity contribution in [2.24, 2.45) is 0 Å². The fourth-order valence-electron chi connectivity index (χ4n) is 2.37. The Labute approximate surface area is 133 Å². The van der Waals surface area contributed by atoms with Crippen molar-refractivity contribution in [3.05, 3.63) is 59.5 Å². The number of methoxy groups -OCH3 is 1. The Balaban J connectivity index is 2.19. The highest BCUT2D eigenvalue weighted by molar-refractivity contribution is 5.66. The lowest BCUT2D eigenvalue weighted by molar-refractivity contribution is 0.277. The van der Waals surface area contributed by atoms with E-state index in [2.05, 4.69) is 10.3 Å². The molecule has 0 fully saturated rings. The molecular weight excluding hydrogens is 297 g/mol. The molecule has 0 aliphatic heterocycles. The molecule has 6 heteroatoms. The Morgan fingerprint density at radius 3 is 2.74 bits per heavy atom. The highest BCUT2D eigenvalue weighted by Gasteiger charge is 2.17. The molecule has 1 N–H and O–H groups in total. The lowest BCUT2D eigenvalue weighted by Crippen LogP contribution is -2.01. The van der Waals surface area contributed by atoms with Crippen molar-refractivity contribution in [3.8, 4) is 22.7 Å². The number of hydrogen-bond acceptors (Lipinski definition) is 4. The maximum Gasteiger partial charge on any atom is 0.128 e. The molecule has 0 amide bonds. The van der Waals surface area contributed by atoms with Gasteiger partial charge in [-0.1, -0.05) is 23.4 Å². The second-order valence-corrected chi connectivity index (χ2v) is 5.12. The average Bonchev–Trinajstić information content (AvgIpc) is 3.01. The highest BCUT2D eigenvalue weighted by Crippen LogP contribution is 2.28. The first-order valence-electron chi connectivity index (χ1n) is 7.10. The Kier molecular flexibility index (Phi) is 4.08. The molecule has 0 spiro atoms. The van der Waals surface area contributed by atoms with Crippen LogP contribution in [0.15, 0.2) is 42.5 Å². The van der Waals surface area contributed by atoms with E-state index < -0.39 is 0 Å². The summed E-state index contributed by atoms with van der Waals surface area (Å²) in [4.78, 5) is 0. The molecular formula is C17H16FN3O2. The molecule has 0 bridgehead atoms. The van der Waals surface area contributed by atoms with Gasteiger partial charge in [-0.05, 0) is 36.8 Å². The number of aliphatic hydroxyl groups excluding tert-OH is 1. The maximum atomic E-state index is 13.9. The van der Waals surface area contributed by atoms with E-state index in [4.69, 9.17) is 4.74 Å². The van der Waals surface area contributed by atoms with E-state index in [1.54, 1.807) is 26.2 Å². The van der Waals surface area contributed by atoms with Crippen LogP contribution in [0, 0.1) is 12.7 Å². The lowest BCUT2D eigenvalue weighted by Gasteiger charge is -2.10. The van der Waals surface area contributed by atoms with E-state index in [0.29, 0.717) is 28.4 Å². The summed E-state index contributed by atoms with van der Waals surface area (Å²) in [5, 5.41) is 17.6. The van der Waals surface area contributed by atoms with Crippen molar-refractivity contribution < 1.29 is 14.2 Å². The van der Waals surface area contributed by atoms with Crippen LogP contribution in [0.25, 0.3) is 16.9 Å². The van der Waals surface area contributed by atoms with Crippen LogP contribution < -0.4 is 4.74 Å². The number of aromatic nitrogens is 3. The van der Waals surface area contributed by atoms with Gasteiger partial charge < -0.3 is 9.84 Å². The predicted octanol–water partition coefficient (Wildman–Crippen LogP) is 2.88. The number of aryl methyl sites for hydroxylation is 1. The SMILES string of the molecule is COc1cccc(-c2c(CO)nnn2-c2ccc(C)c(F)c2)c1. The van der Waals surface area contributed by atoms with E-state index in [-0.39, 0.29) is 12.4 Å². The van der Waals surface area contributed by atoms with Crippen molar-refractivity contribution in [2.75, 3.05) is 7.11 Å². The summed E-state index contributed by atoms with van der Waals surface area (Å²) < 4.78 is 20.6. The number of hydrogen-bond donors (Lipinski definition) is 1. The van der Waals surface area contributed by atoms with Crippen LogP contribution in [0.4, 0.5) is 4.39 Å². The zero-order valence-electron chi connectivity index (χ0n) is 12.8. The molecule has 0 atom stereocenters. The number of aliphatic hydroxyl groups is 1. The first-order chi connectivity index (χ1) is 11.1. The fraction of sp³-hybridized carbons (Fsp3) is 0.176. The molecule has 3 aromatic rings. The van der Waals surface area contributed by atoms with Gasteiger partial charge in [0.05, 0.1) is 19.4 Å². The smallest absolute Gasteiger partial charge is 0.128 e. The summed E-state index contributed by atoms with van der Waals surface area (Å²) in [6, 6.07) is 12.2. The number of halogens is 1. The molecule has 0 saturated carbocycles. The maximum absolute atomic E-state index is 13.9. The van der Waals surface area contributed by atoms with Crippen molar-refractivity contribution >= 4 is 0 Å². The zero-order valence-corrected chi connectivity index (χ0v) is 12.8. The van der Waals surface area contributed by atoms with Crippen LogP contribution in [0.2, 0.25) is 0 Å². The van der Waals surface area contributed by atoms with E-state index in [1.807, 2.05) is 24.3 Å². The first-order valence-corrected chi connectivity index (χ1v) is 7.10. The van der Waals surface area contributed by atoms with Crippen molar-refractivity contribution in [3.63, 3.8) is 0 Å². The van der Waals surface area contributed by atoms with Gasteiger partial charge in [-0.3, -0.25) is 0 Å². The first kappa shape index (κ1) is 15.2. The molecule has 3 rings (SSSR count). The van der Waals surface area contributed by atoms with Gasteiger partial charge in [0.15, 0.2) is 0 Å². The summed E-state index contributed by atoms with van der Waals surface area (Å²) in [6.45, 7) is 1.43. The summed E-state index contributed by atoms with van der Waals surface area (Å²) in [5.41, 5.74) is 2.89. The van der Waals surface area contributed by atoms with Crippen LogP contribution in [-0.2, 0) is 6.61 Å².